The number of nitrogens with zero attached hydrogens (tertiary/aromatic N) is 1. The number of hydrogen-bond acceptors (Lipinski definition) is 3. The molecule has 3 nitrogen and oxygen atoms in total. The summed E-state index contributed by atoms with van der Waals surface area (Å²) < 4.78 is 12.9. The fourth-order valence-corrected chi connectivity index (χ4v) is 1.15. The first-order valence-corrected chi connectivity index (χ1v) is 3.60. The van der Waals surface area contributed by atoms with Crippen molar-refractivity contribution in [2.75, 3.05) is 0 Å². The van der Waals surface area contributed by atoms with Crippen LogP contribution in [0.2, 0.25) is 0 Å². The number of halogens is 1. The summed E-state index contributed by atoms with van der Waals surface area (Å²) in [6.07, 6.45) is 0. The van der Waals surface area contributed by atoms with Crippen molar-refractivity contribution in [2.45, 2.75) is 11.8 Å². The van der Waals surface area contributed by atoms with E-state index in [0.29, 0.717) is 0 Å². The Morgan fingerprint density at radius 3 is 2.58 bits per heavy atom. The molecule has 0 heterocycles. The molecule has 0 saturated heterocycles. The highest BCUT2D eigenvalue weighted by Gasteiger charge is 2.11. The van der Waals surface area contributed by atoms with E-state index in [4.69, 9.17) is 0 Å². The van der Waals surface area contributed by atoms with Crippen LogP contribution in [0.3, 0.4) is 0 Å². The molecular formula is C7H6FNO2S. The Labute approximate surface area is 73.8 Å². The maximum atomic E-state index is 12.9. The fraction of sp³-hybridized carbons (Fsp3) is 0.143. The van der Waals surface area contributed by atoms with E-state index in [1.165, 1.54) is 13.0 Å². The van der Waals surface area contributed by atoms with Gasteiger partial charge in [-0.05, 0) is 12.5 Å². The van der Waals surface area contributed by atoms with Crippen molar-refractivity contribution in [1.82, 2.24) is 0 Å². The lowest BCUT2D eigenvalue weighted by Crippen LogP contribution is -1.92. The third-order valence-corrected chi connectivity index (χ3v) is 1.76. The topological polar surface area (TPSA) is 43.1 Å². The van der Waals surface area contributed by atoms with E-state index >= 15 is 0 Å². The second-order valence-corrected chi connectivity index (χ2v) is 2.83. The molecule has 0 aliphatic carbocycles. The highest BCUT2D eigenvalue weighted by Crippen LogP contribution is 2.22. The van der Waals surface area contributed by atoms with E-state index in [-0.39, 0.29) is 16.1 Å². The highest BCUT2D eigenvalue weighted by molar-refractivity contribution is 7.80. The van der Waals surface area contributed by atoms with Gasteiger partial charge in [-0.25, -0.2) is 4.39 Å². The first kappa shape index (κ1) is 8.99. The molecule has 0 bridgehead atoms. The molecule has 0 spiro atoms. The minimum atomic E-state index is -0.577. The van der Waals surface area contributed by atoms with Gasteiger partial charge in [0.05, 0.1) is 4.92 Å². The molecule has 1 aromatic carbocycles. The minimum Gasteiger partial charge on any atom is -0.258 e. The highest BCUT2D eigenvalue weighted by atomic mass is 32.1. The smallest absolute Gasteiger partial charge is 0.258 e. The van der Waals surface area contributed by atoms with Crippen molar-refractivity contribution in [2.24, 2.45) is 0 Å². The Kier molecular flexibility index (Phi) is 2.32. The first-order valence-electron chi connectivity index (χ1n) is 3.16. The second kappa shape index (κ2) is 3.10. The van der Waals surface area contributed by atoms with Gasteiger partial charge in [-0.2, -0.15) is 0 Å². The number of thiol groups is 1. The van der Waals surface area contributed by atoms with Gasteiger partial charge >= 0.3 is 0 Å². The van der Waals surface area contributed by atoms with E-state index in [2.05, 4.69) is 12.6 Å². The molecule has 0 fully saturated rings. The third-order valence-electron chi connectivity index (χ3n) is 1.43. The van der Waals surface area contributed by atoms with Crippen molar-refractivity contribution < 1.29 is 9.31 Å². The predicted molar refractivity (Wildman–Crippen MR) is 45.0 cm³/mol. The Morgan fingerprint density at radius 2 is 2.17 bits per heavy atom. The van der Waals surface area contributed by atoms with Gasteiger partial charge in [0.15, 0.2) is 0 Å². The molecule has 0 aromatic heterocycles. The molecule has 0 aliphatic rings. The summed E-state index contributed by atoms with van der Waals surface area (Å²) in [5, 5.41) is 10.3. The first-order chi connectivity index (χ1) is 5.52. The summed E-state index contributed by atoms with van der Waals surface area (Å²) in [5.41, 5.74) is 0.0908. The number of rotatable bonds is 1. The van der Waals surface area contributed by atoms with Crippen LogP contribution < -0.4 is 0 Å². The molecule has 0 radical (unpaired) electrons. The number of nitro benzene ring substituents is 1. The molecule has 0 aliphatic heterocycles. The Morgan fingerprint density at radius 1 is 1.58 bits per heavy atom. The van der Waals surface area contributed by atoms with Crippen LogP contribution in [0.5, 0.6) is 0 Å². The van der Waals surface area contributed by atoms with E-state index in [0.717, 1.165) is 6.07 Å². The molecule has 12 heavy (non-hydrogen) atoms. The largest absolute Gasteiger partial charge is 0.271 e. The zero-order valence-electron chi connectivity index (χ0n) is 6.24. The van der Waals surface area contributed by atoms with E-state index in [9.17, 15) is 14.5 Å². The molecule has 0 unspecified atom stereocenters. The molecule has 0 N–H and O–H groups in total. The minimum absolute atomic E-state index is 0.00157. The normalized spacial score (nSPS) is 9.92. The van der Waals surface area contributed by atoms with Gasteiger partial charge < -0.3 is 0 Å². The van der Waals surface area contributed by atoms with Gasteiger partial charge in [0.25, 0.3) is 5.69 Å². The van der Waals surface area contributed by atoms with Crippen LogP contribution in [0.1, 0.15) is 5.56 Å². The number of aryl methyl sites for hydroxylation is 1. The Hall–Kier alpha value is -1.10. The van der Waals surface area contributed by atoms with Crippen molar-refractivity contribution in [3.63, 3.8) is 0 Å². The number of hydrogen-bond donors (Lipinski definition) is 1. The standard InChI is InChI=1S/C7H6FNO2S/c1-4-2-5(9(10)11)3-6(12)7(4)8/h2-3,12H,1H3. The van der Waals surface area contributed by atoms with Gasteiger partial charge in [0.1, 0.15) is 5.82 Å². The lowest BCUT2D eigenvalue weighted by atomic mass is 10.2. The van der Waals surface area contributed by atoms with Gasteiger partial charge in [0, 0.05) is 17.0 Å². The van der Waals surface area contributed by atoms with Crippen molar-refractivity contribution in [3.05, 3.63) is 33.6 Å². The zero-order valence-corrected chi connectivity index (χ0v) is 7.14. The van der Waals surface area contributed by atoms with Crippen molar-refractivity contribution in [1.29, 1.82) is 0 Å². The van der Waals surface area contributed by atoms with Crippen LogP contribution in [0.25, 0.3) is 0 Å². The Balaban J connectivity index is 3.31. The molecule has 0 amide bonds. The van der Waals surface area contributed by atoms with Crippen LogP contribution in [-0.4, -0.2) is 4.92 Å². The van der Waals surface area contributed by atoms with Crippen LogP contribution in [0.15, 0.2) is 17.0 Å². The lowest BCUT2D eigenvalue weighted by Gasteiger charge is -1.98. The van der Waals surface area contributed by atoms with Gasteiger partial charge in [-0.15, -0.1) is 12.6 Å². The Bertz CT molecular complexity index is 317. The SMILES string of the molecule is Cc1cc([N+](=O)[O-])cc(S)c1F. The van der Waals surface area contributed by atoms with E-state index < -0.39 is 10.7 Å². The third kappa shape index (κ3) is 1.55. The van der Waals surface area contributed by atoms with E-state index in [1.807, 2.05) is 0 Å². The van der Waals surface area contributed by atoms with Gasteiger partial charge in [0.2, 0.25) is 0 Å². The summed E-state index contributed by atoms with van der Waals surface area (Å²) in [6.45, 7) is 1.46. The van der Waals surface area contributed by atoms with Crippen molar-refractivity contribution in [3.8, 4) is 0 Å². The summed E-state index contributed by atoms with van der Waals surface area (Å²) in [7, 11) is 0. The summed E-state index contributed by atoms with van der Waals surface area (Å²) in [5.74, 6) is -0.510. The van der Waals surface area contributed by atoms with Crippen LogP contribution in [0, 0.1) is 22.9 Å². The van der Waals surface area contributed by atoms with Gasteiger partial charge in [-0.3, -0.25) is 10.1 Å². The summed E-state index contributed by atoms with van der Waals surface area (Å²) in [6, 6.07) is 2.26. The number of nitro groups is 1. The average Bonchev–Trinajstić information content (AvgIpc) is 1.99. The lowest BCUT2D eigenvalue weighted by molar-refractivity contribution is -0.385. The molecule has 64 valence electrons. The van der Waals surface area contributed by atoms with Crippen LogP contribution >= 0.6 is 12.6 Å². The molecular weight excluding hydrogens is 181 g/mol. The van der Waals surface area contributed by atoms with Crippen molar-refractivity contribution >= 4 is 18.3 Å². The fourth-order valence-electron chi connectivity index (χ4n) is 0.838. The average molecular weight is 187 g/mol. The number of benzene rings is 1. The molecule has 1 rings (SSSR count). The zero-order chi connectivity index (χ0) is 9.30. The van der Waals surface area contributed by atoms with E-state index in [1.54, 1.807) is 0 Å². The van der Waals surface area contributed by atoms with Gasteiger partial charge in [-0.1, -0.05) is 0 Å². The molecule has 0 saturated carbocycles. The summed E-state index contributed by atoms with van der Waals surface area (Å²) in [4.78, 5) is 9.69. The van der Waals surface area contributed by atoms with Crippen LogP contribution in [-0.2, 0) is 0 Å². The monoisotopic (exact) mass is 187 g/mol. The maximum Gasteiger partial charge on any atom is 0.271 e. The summed E-state index contributed by atoms with van der Waals surface area (Å²) >= 11 is 3.75. The second-order valence-electron chi connectivity index (χ2n) is 2.35. The maximum absolute atomic E-state index is 12.9. The predicted octanol–water partition coefficient (Wildman–Crippen LogP) is 2.33. The molecule has 1 aromatic rings. The molecule has 5 heteroatoms. The quantitative estimate of drug-likeness (QED) is 0.416. The number of non-ortho nitro benzene ring substituents is 1. The van der Waals surface area contributed by atoms with Crippen LogP contribution in [0.4, 0.5) is 10.1 Å². The molecule has 0 atom stereocenters.